The maximum atomic E-state index is 13.7. The molecule has 0 bridgehead atoms. The fourth-order valence-electron chi connectivity index (χ4n) is 2.60. The summed E-state index contributed by atoms with van der Waals surface area (Å²) in [7, 11) is 0. The van der Waals surface area contributed by atoms with Gasteiger partial charge >= 0.3 is 0 Å². The second kappa shape index (κ2) is 12.4. The van der Waals surface area contributed by atoms with Crippen molar-refractivity contribution in [1.29, 1.82) is 0 Å². The number of carbonyl (C=O) groups is 1. The smallest absolute Gasteiger partial charge is 0.166 e. The molecule has 27 heavy (non-hydrogen) atoms. The molecule has 0 spiro atoms. The third-order valence-corrected chi connectivity index (χ3v) is 4.00. The van der Waals surface area contributed by atoms with Crippen molar-refractivity contribution in [2.24, 2.45) is 0 Å². The molecular weight excluding hydrogens is 369 g/mol. The standard InChI is InChI=1S/C21H26FNO3.ClH/c1-2-13-23-14-17(24)15-26-21-10-6-4-8-18(21)20(25)12-11-16-7-3-5-9-19(16)22;/h3-10,17,23-24H,2,11-15H2,1H3;1H. The number of halogens is 2. The summed E-state index contributed by atoms with van der Waals surface area (Å²) in [6, 6.07) is 13.4. The lowest BCUT2D eigenvalue weighted by atomic mass is 10.0. The van der Waals surface area contributed by atoms with Crippen LogP contribution in [0.2, 0.25) is 0 Å². The van der Waals surface area contributed by atoms with Crippen LogP contribution in [0, 0.1) is 5.82 Å². The number of nitrogens with one attached hydrogen (secondary N) is 1. The zero-order valence-electron chi connectivity index (χ0n) is 15.5. The first kappa shape index (κ1) is 23.1. The summed E-state index contributed by atoms with van der Waals surface area (Å²) >= 11 is 0. The van der Waals surface area contributed by atoms with Gasteiger partial charge in [-0.2, -0.15) is 0 Å². The molecule has 2 aromatic carbocycles. The van der Waals surface area contributed by atoms with E-state index in [-0.39, 0.29) is 37.0 Å². The summed E-state index contributed by atoms with van der Waals surface area (Å²) in [6.07, 6.45) is 0.876. The van der Waals surface area contributed by atoms with Crippen LogP contribution >= 0.6 is 12.4 Å². The minimum Gasteiger partial charge on any atom is -0.490 e. The predicted molar refractivity (Wildman–Crippen MR) is 107 cm³/mol. The van der Waals surface area contributed by atoms with Gasteiger partial charge in [-0.15, -0.1) is 12.4 Å². The Bertz CT molecular complexity index is 711. The van der Waals surface area contributed by atoms with E-state index in [1.54, 1.807) is 42.5 Å². The Labute approximate surface area is 166 Å². The van der Waals surface area contributed by atoms with Crippen molar-refractivity contribution in [1.82, 2.24) is 5.32 Å². The Morgan fingerprint density at radius 1 is 1.19 bits per heavy atom. The van der Waals surface area contributed by atoms with Gasteiger partial charge in [-0.3, -0.25) is 4.79 Å². The van der Waals surface area contributed by atoms with Crippen LogP contribution in [0.5, 0.6) is 5.75 Å². The second-order valence-corrected chi connectivity index (χ2v) is 6.18. The number of hydrogen-bond donors (Lipinski definition) is 2. The van der Waals surface area contributed by atoms with E-state index in [1.807, 2.05) is 0 Å². The minimum atomic E-state index is -0.650. The first-order chi connectivity index (χ1) is 12.6. The van der Waals surface area contributed by atoms with E-state index < -0.39 is 6.10 Å². The molecule has 0 heterocycles. The van der Waals surface area contributed by atoms with Gasteiger partial charge < -0.3 is 15.2 Å². The number of ether oxygens (including phenoxy) is 1. The number of hydrogen-bond acceptors (Lipinski definition) is 4. The van der Waals surface area contributed by atoms with E-state index in [0.29, 0.717) is 29.8 Å². The largest absolute Gasteiger partial charge is 0.490 e. The van der Waals surface area contributed by atoms with E-state index in [4.69, 9.17) is 4.74 Å². The van der Waals surface area contributed by atoms with Crippen molar-refractivity contribution in [2.75, 3.05) is 19.7 Å². The maximum absolute atomic E-state index is 13.7. The summed E-state index contributed by atoms with van der Waals surface area (Å²) in [4.78, 5) is 12.5. The zero-order valence-corrected chi connectivity index (χ0v) is 16.3. The van der Waals surface area contributed by atoms with Gasteiger partial charge in [0.2, 0.25) is 0 Å². The normalized spacial score (nSPS) is 11.5. The molecule has 0 amide bonds. The average molecular weight is 396 g/mol. The van der Waals surface area contributed by atoms with E-state index in [9.17, 15) is 14.3 Å². The van der Waals surface area contributed by atoms with Gasteiger partial charge in [0.15, 0.2) is 5.78 Å². The minimum absolute atomic E-state index is 0. The van der Waals surface area contributed by atoms with E-state index in [2.05, 4.69) is 12.2 Å². The Morgan fingerprint density at radius 3 is 2.63 bits per heavy atom. The number of aliphatic hydroxyl groups excluding tert-OH is 1. The molecule has 0 aromatic heterocycles. The molecule has 0 aliphatic heterocycles. The first-order valence-electron chi connectivity index (χ1n) is 8.99. The Hall–Kier alpha value is -1.95. The Kier molecular flexibility index (Phi) is 10.6. The lowest BCUT2D eigenvalue weighted by molar-refractivity contribution is 0.0950. The Balaban J connectivity index is 0.00000364. The number of benzene rings is 2. The number of rotatable bonds is 11. The number of aryl methyl sites for hydroxylation is 1. The van der Waals surface area contributed by atoms with Crippen molar-refractivity contribution < 1.29 is 19.0 Å². The highest BCUT2D eigenvalue weighted by Gasteiger charge is 2.14. The lowest BCUT2D eigenvalue weighted by Crippen LogP contribution is -2.32. The third-order valence-electron chi connectivity index (χ3n) is 4.00. The van der Waals surface area contributed by atoms with Crippen LogP contribution in [0.3, 0.4) is 0 Å². The van der Waals surface area contributed by atoms with E-state index in [1.165, 1.54) is 6.07 Å². The number of ketones is 1. The van der Waals surface area contributed by atoms with Gasteiger partial charge in [0, 0.05) is 13.0 Å². The SMILES string of the molecule is CCCNCC(O)COc1ccccc1C(=O)CCc1ccccc1F.Cl. The van der Waals surface area contributed by atoms with Gasteiger partial charge in [0.1, 0.15) is 24.3 Å². The van der Waals surface area contributed by atoms with Crippen molar-refractivity contribution in [3.05, 3.63) is 65.5 Å². The molecule has 2 aromatic rings. The first-order valence-corrected chi connectivity index (χ1v) is 8.99. The van der Waals surface area contributed by atoms with Crippen molar-refractivity contribution in [2.45, 2.75) is 32.3 Å². The Morgan fingerprint density at radius 2 is 1.89 bits per heavy atom. The number of para-hydroxylation sites is 1. The molecule has 6 heteroatoms. The number of carbonyl (C=O) groups excluding carboxylic acids is 1. The van der Waals surface area contributed by atoms with Crippen LogP contribution < -0.4 is 10.1 Å². The molecule has 0 aliphatic carbocycles. The quantitative estimate of drug-likeness (QED) is 0.449. The lowest BCUT2D eigenvalue weighted by Gasteiger charge is -2.15. The molecule has 0 fully saturated rings. The fraction of sp³-hybridized carbons (Fsp3) is 0.381. The molecule has 0 saturated heterocycles. The molecule has 2 N–H and O–H groups in total. The fourth-order valence-corrected chi connectivity index (χ4v) is 2.60. The van der Waals surface area contributed by atoms with Gasteiger partial charge in [-0.1, -0.05) is 37.3 Å². The van der Waals surface area contributed by atoms with Crippen LogP contribution in [0.25, 0.3) is 0 Å². The van der Waals surface area contributed by atoms with Crippen LogP contribution in [-0.2, 0) is 6.42 Å². The number of Topliss-reactive ketones (excluding diaryl/α,β-unsaturated/α-hetero) is 1. The predicted octanol–water partition coefficient (Wildman–Crippen LogP) is 3.80. The van der Waals surface area contributed by atoms with E-state index >= 15 is 0 Å². The molecule has 0 radical (unpaired) electrons. The summed E-state index contributed by atoms with van der Waals surface area (Å²) in [5, 5.41) is 13.1. The summed E-state index contributed by atoms with van der Waals surface area (Å²) in [6.45, 7) is 3.44. The van der Waals surface area contributed by atoms with Gasteiger partial charge in [-0.25, -0.2) is 4.39 Å². The summed E-state index contributed by atoms with van der Waals surface area (Å²) in [5.74, 6) is 0.0376. The van der Waals surface area contributed by atoms with Crippen molar-refractivity contribution >= 4 is 18.2 Å². The second-order valence-electron chi connectivity index (χ2n) is 6.18. The average Bonchev–Trinajstić information content (AvgIpc) is 2.66. The molecular formula is C21H27ClFNO3. The monoisotopic (exact) mass is 395 g/mol. The molecule has 4 nitrogen and oxygen atoms in total. The number of aliphatic hydroxyl groups is 1. The van der Waals surface area contributed by atoms with Gasteiger partial charge in [0.05, 0.1) is 5.56 Å². The van der Waals surface area contributed by atoms with Gasteiger partial charge in [0.25, 0.3) is 0 Å². The topological polar surface area (TPSA) is 58.6 Å². The molecule has 148 valence electrons. The molecule has 0 saturated carbocycles. The van der Waals surface area contributed by atoms with Crippen LogP contribution in [0.4, 0.5) is 4.39 Å². The van der Waals surface area contributed by atoms with Crippen LogP contribution in [0.15, 0.2) is 48.5 Å². The highest BCUT2D eigenvalue weighted by molar-refractivity contribution is 5.98. The van der Waals surface area contributed by atoms with Crippen molar-refractivity contribution in [3.8, 4) is 5.75 Å². The maximum Gasteiger partial charge on any atom is 0.166 e. The molecule has 0 aliphatic rings. The van der Waals surface area contributed by atoms with Gasteiger partial charge in [-0.05, 0) is 43.1 Å². The summed E-state index contributed by atoms with van der Waals surface area (Å²) < 4.78 is 19.3. The van der Waals surface area contributed by atoms with Crippen LogP contribution in [-0.4, -0.2) is 36.7 Å². The van der Waals surface area contributed by atoms with Crippen molar-refractivity contribution in [3.63, 3.8) is 0 Å². The summed E-state index contributed by atoms with van der Waals surface area (Å²) in [5.41, 5.74) is 0.981. The zero-order chi connectivity index (χ0) is 18.8. The molecule has 1 unspecified atom stereocenters. The molecule has 2 rings (SSSR count). The third kappa shape index (κ3) is 7.67. The molecule has 1 atom stereocenters. The van der Waals surface area contributed by atoms with Crippen LogP contribution in [0.1, 0.15) is 35.7 Å². The highest BCUT2D eigenvalue weighted by atomic mass is 35.5. The highest BCUT2D eigenvalue weighted by Crippen LogP contribution is 2.21. The van der Waals surface area contributed by atoms with E-state index in [0.717, 1.165) is 13.0 Å².